The molecule has 1 aromatic rings. The molecule has 0 saturated carbocycles. The molecular weight excluding hydrogens is 172 g/mol. The lowest BCUT2D eigenvalue weighted by Crippen LogP contribution is -2.26. The standard InChI is InChI=1S/C12H20N2/c1-10(2)12(13)8-5-7-11-6-3-4-9-14-11/h3-4,6,9-10,12H,5,7-8,13H2,1-2H3. The van der Waals surface area contributed by atoms with Crippen LogP contribution in [-0.2, 0) is 6.42 Å². The maximum atomic E-state index is 5.96. The Morgan fingerprint density at radius 2 is 2.14 bits per heavy atom. The normalized spacial score (nSPS) is 13.1. The molecular formula is C12H20N2. The maximum absolute atomic E-state index is 5.96. The summed E-state index contributed by atoms with van der Waals surface area (Å²) in [7, 11) is 0. The van der Waals surface area contributed by atoms with Gasteiger partial charge in [0.2, 0.25) is 0 Å². The van der Waals surface area contributed by atoms with Crippen LogP contribution in [0.1, 0.15) is 32.4 Å². The first kappa shape index (κ1) is 11.2. The first-order valence-electron chi connectivity index (χ1n) is 5.35. The zero-order chi connectivity index (χ0) is 10.4. The summed E-state index contributed by atoms with van der Waals surface area (Å²) in [6.07, 6.45) is 5.11. The van der Waals surface area contributed by atoms with Gasteiger partial charge in [0, 0.05) is 17.9 Å². The van der Waals surface area contributed by atoms with E-state index in [0.29, 0.717) is 12.0 Å². The molecule has 0 aliphatic carbocycles. The fraction of sp³-hybridized carbons (Fsp3) is 0.583. The van der Waals surface area contributed by atoms with E-state index in [2.05, 4.69) is 24.9 Å². The molecule has 1 rings (SSSR count). The quantitative estimate of drug-likeness (QED) is 0.778. The fourth-order valence-corrected chi connectivity index (χ4v) is 1.40. The average Bonchev–Trinajstić information content (AvgIpc) is 2.19. The van der Waals surface area contributed by atoms with Gasteiger partial charge in [-0.25, -0.2) is 0 Å². The maximum Gasteiger partial charge on any atom is 0.0403 e. The molecule has 0 fully saturated rings. The molecule has 0 spiro atoms. The molecule has 1 atom stereocenters. The highest BCUT2D eigenvalue weighted by molar-refractivity contribution is 5.03. The minimum atomic E-state index is 0.332. The molecule has 2 N–H and O–H groups in total. The number of aromatic nitrogens is 1. The Morgan fingerprint density at radius 1 is 1.36 bits per heavy atom. The Bertz CT molecular complexity index is 244. The van der Waals surface area contributed by atoms with Gasteiger partial charge in [-0.3, -0.25) is 4.98 Å². The third-order valence-corrected chi connectivity index (χ3v) is 2.55. The topological polar surface area (TPSA) is 38.9 Å². The Balaban J connectivity index is 2.22. The summed E-state index contributed by atoms with van der Waals surface area (Å²) >= 11 is 0. The van der Waals surface area contributed by atoms with Crippen LogP contribution in [0.4, 0.5) is 0 Å². The minimum absolute atomic E-state index is 0.332. The van der Waals surface area contributed by atoms with Gasteiger partial charge in [-0.15, -0.1) is 0 Å². The number of nitrogens with two attached hydrogens (primary N) is 1. The number of rotatable bonds is 5. The van der Waals surface area contributed by atoms with Gasteiger partial charge < -0.3 is 5.73 Å². The van der Waals surface area contributed by atoms with Gasteiger partial charge in [-0.05, 0) is 37.3 Å². The number of nitrogens with zero attached hydrogens (tertiary/aromatic N) is 1. The molecule has 0 aliphatic heterocycles. The molecule has 2 heteroatoms. The lowest BCUT2D eigenvalue weighted by atomic mass is 9.99. The monoisotopic (exact) mass is 192 g/mol. The van der Waals surface area contributed by atoms with Crippen molar-refractivity contribution < 1.29 is 0 Å². The zero-order valence-corrected chi connectivity index (χ0v) is 9.11. The van der Waals surface area contributed by atoms with Crippen molar-refractivity contribution in [3.63, 3.8) is 0 Å². The highest BCUT2D eigenvalue weighted by atomic mass is 14.7. The minimum Gasteiger partial charge on any atom is -0.327 e. The van der Waals surface area contributed by atoms with E-state index >= 15 is 0 Å². The third kappa shape index (κ3) is 3.88. The molecule has 1 heterocycles. The predicted octanol–water partition coefficient (Wildman–Crippen LogP) is 2.39. The fourth-order valence-electron chi connectivity index (χ4n) is 1.40. The summed E-state index contributed by atoms with van der Waals surface area (Å²) in [6.45, 7) is 4.34. The number of hydrogen-bond donors (Lipinski definition) is 1. The van der Waals surface area contributed by atoms with Crippen molar-refractivity contribution in [3.05, 3.63) is 30.1 Å². The van der Waals surface area contributed by atoms with Crippen molar-refractivity contribution in [2.24, 2.45) is 11.7 Å². The van der Waals surface area contributed by atoms with Crippen LogP contribution < -0.4 is 5.73 Å². The van der Waals surface area contributed by atoms with E-state index in [1.165, 1.54) is 5.69 Å². The van der Waals surface area contributed by atoms with E-state index in [4.69, 9.17) is 5.73 Å². The van der Waals surface area contributed by atoms with Gasteiger partial charge in [-0.2, -0.15) is 0 Å². The lowest BCUT2D eigenvalue weighted by molar-refractivity contribution is 0.451. The van der Waals surface area contributed by atoms with Gasteiger partial charge in [0.25, 0.3) is 0 Å². The first-order valence-corrected chi connectivity index (χ1v) is 5.35. The van der Waals surface area contributed by atoms with Crippen molar-refractivity contribution >= 4 is 0 Å². The first-order chi connectivity index (χ1) is 6.70. The van der Waals surface area contributed by atoms with E-state index in [0.717, 1.165) is 19.3 Å². The van der Waals surface area contributed by atoms with E-state index < -0.39 is 0 Å². The van der Waals surface area contributed by atoms with Crippen LogP contribution >= 0.6 is 0 Å². The van der Waals surface area contributed by atoms with E-state index in [1.54, 1.807) is 0 Å². The SMILES string of the molecule is CC(C)C(N)CCCc1ccccn1. The zero-order valence-electron chi connectivity index (χ0n) is 9.11. The molecule has 1 aromatic heterocycles. The summed E-state index contributed by atoms with van der Waals surface area (Å²) in [5.41, 5.74) is 7.13. The van der Waals surface area contributed by atoms with Crippen molar-refractivity contribution in [2.45, 2.75) is 39.2 Å². The van der Waals surface area contributed by atoms with Crippen LogP contribution in [0.3, 0.4) is 0 Å². The third-order valence-electron chi connectivity index (χ3n) is 2.55. The summed E-state index contributed by atoms with van der Waals surface area (Å²) in [6, 6.07) is 6.38. The van der Waals surface area contributed by atoms with Crippen LogP contribution in [0.5, 0.6) is 0 Å². The second-order valence-electron chi connectivity index (χ2n) is 4.12. The van der Waals surface area contributed by atoms with Crippen LogP contribution in [0.15, 0.2) is 24.4 Å². The van der Waals surface area contributed by atoms with Crippen LogP contribution in [0.2, 0.25) is 0 Å². The van der Waals surface area contributed by atoms with Crippen LogP contribution in [0, 0.1) is 5.92 Å². The lowest BCUT2D eigenvalue weighted by Gasteiger charge is -2.14. The van der Waals surface area contributed by atoms with E-state index in [9.17, 15) is 0 Å². The van der Waals surface area contributed by atoms with Crippen molar-refractivity contribution in [1.82, 2.24) is 4.98 Å². The Morgan fingerprint density at radius 3 is 2.71 bits per heavy atom. The van der Waals surface area contributed by atoms with Crippen molar-refractivity contribution in [2.75, 3.05) is 0 Å². The molecule has 78 valence electrons. The second kappa shape index (κ2) is 5.76. The van der Waals surface area contributed by atoms with Gasteiger partial charge in [-0.1, -0.05) is 19.9 Å². The highest BCUT2D eigenvalue weighted by Gasteiger charge is 2.06. The summed E-state index contributed by atoms with van der Waals surface area (Å²) in [5, 5.41) is 0. The summed E-state index contributed by atoms with van der Waals surface area (Å²) in [5.74, 6) is 0.582. The Labute approximate surface area is 86.5 Å². The van der Waals surface area contributed by atoms with Crippen molar-refractivity contribution in [3.8, 4) is 0 Å². The Kier molecular flexibility index (Phi) is 4.60. The summed E-state index contributed by atoms with van der Waals surface area (Å²) in [4.78, 5) is 4.28. The largest absolute Gasteiger partial charge is 0.327 e. The second-order valence-corrected chi connectivity index (χ2v) is 4.12. The molecule has 0 aromatic carbocycles. The van der Waals surface area contributed by atoms with Gasteiger partial charge in [0.15, 0.2) is 0 Å². The van der Waals surface area contributed by atoms with Crippen LogP contribution in [0.25, 0.3) is 0 Å². The molecule has 0 bridgehead atoms. The number of hydrogen-bond acceptors (Lipinski definition) is 2. The predicted molar refractivity (Wildman–Crippen MR) is 60.0 cm³/mol. The number of pyridine rings is 1. The molecule has 0 radical (unpaired) electrons. The average molecular weight is 192 g/mol. The van der Waals surface area contributed by atoms with Gasteiger partial charge >= 0.3 is 0 Å². The van der Waals surface area contributed by atoms with Crippen molar-refractivity contribution in [1.29, 1.82) is 0 Å². The highest BCUT2D eigenvalue weighted by Crippen LogP contribution is 2.08. The van der Waals surface area contributed by atoms with Gasteiger partial charge in [0.05, 0.1) is 0 Å². The van der Waals surface area contributed by atoms with E-state index in [1.807, 2.05) is 18.3 Å². The molecule has 1 unspecified atom stereocenters. The molecule has 14 heavy (non-hydrogen) atoms. The molecule has 0 amide bonds. The summed E-state index contributed by atoms with van der Waals surface area (Å²) < 4.78 is 0. The molecule has 2 nitrogen and oxygen atoms in total. The smallest absolute Gasteiger partial charge is 0.0403 e. The van der Waals surface area contributed by atoms with E-state index in [-0.39, 0.29) is 0 Å². The number of aryl methyl sites for hydroxylation is 1. The molecule has 0 saturated heterocycles. The van der Waals surface area contributed by atoms with Crippen LogP contribution in [-0.4, -0.2) is 11.0 Å². The van der Waals surface area contributed by atoms with Gasteiger partial charge in [0.1, 0.15) is 0 Å². The Hall–Kier alpha value is -0.890. The molecule has 0 aliphatic rings.